The van der Waals surface area contributed by atoms with Crippen LogP contribution < -0.4 is 16.8 Å². The molecular formula is C11H13N5O. The highest BCUT2D eigenvalue weighted by molar-refractivity contribution is 5.93. The quantitative estimate of drug-likeness (QED) is 0.405. The van der Waals surface area contributed by atoms with Gasteiger partial charge in [0.2, 0.25) is 0 Å². The van der Waals surface area contributed by atoms with E-state index in [-0.39, 0.29) is 5.84 Å². The molecule has 17 heavy (non-hydrogen) atoms. The Morgan fingerprint density at radius 3 is 3.00 bits per heavy atom. The third-order valence-corrected chi connectivity index (χ3v) is 1.75. The number of hydrogen-bond donors (Lipinski definition) is 3. The van der Waals surface area contributed by atoms with Crippen molar-refractivity contribution in [2.75, 3.05) is 0 Å². The van der Waals surface area contributed by atoms with Gasteiger partial charge in [0.1, 0.15) is 5.84 Å². The van der Waals surface area contributed by atoms with E-state index in [0.717, 1.165) is 5.56 Å². The number of nitrogens with two attached hydrogens (primary N) is 2. The predicted octanol–water partition coefficient (Wildman–Crippen LogP) is 0.716. The van der Waals surface area contributed by atoms with Crippen LogP contribution in [-0.4, -0.2) is 16.9 Å². The smallest absolute Gasteiger partial charge is 0.316 e. The molecule has 1 aromatic rings. The number of primary amides is 1. The molecule has 2 amide bonds. The lowest BCUT2D eigenvalue weighted by atomic mass is 10.3. The Labute approximate surface area is 98.7 Å². The number of hydrogen-bond acceptors (Lipinski definition) is 3. The Morgan fingerprint density at radius 2 is 2.35 bits per heavy atom. The zero-order valence-electron chi connectivity index (χ0n) is 9.34. The van der Waals surface area contributed by atoms with Crippen LogP contribution in [0.25, 0.3) is 0 Å². The number of urea groups is 1. The lowest BCUT2D eigenvalue weighted by Gasteiger charge is -1.97. The van der Waals surface area contributed by atoms with Gasteiger partial charge in [-0.25, -0.2) is 14.8 Å². The maximum absolute atomic E-state index is 10.3. The van der Waals surface area contributed by atoms with E-state index >= 15 is 0 Å². The van der Waals surface area contributed by atoms with Gasteiger partial charge in [0.25, 0.3) is 0 Å². The van der Waals surface area contributed by atoms with E-state index < -0.39 is 6.03 Å². The predicted molar refractivity (Wildman–Crippen MR) is 65.6 cm³/mol. The number of amides is 2. The minimum absolute atomic E-state index is 0.231. The number of rotatable bonds is 3. The lowest BCUT2D eigenvalue weighted by Crippen LogP contribution is -2.23. The molecule has 0 saturated heterocycles. The number of aryl methyl sites for hydroxylation is 1. The van der Waals surface area contributed by atoms with E-state index in [0.29, 0.717) is 5.82 Å². The van der Waals surface area contributed by atoms with Gasteiger partial charge in [-0.3, -0.25) is 0 Å². The number of pyridine rings is 1. The third-order valence-electron chi connectivity index (χ3n) is 1.75. The Kier molecular flexibility index (Phi) is 4.47. The van der Waals surface area contributed by atoms with Crippen molar-refractivity contribution in [1.82, 2.24) is 10.3 Å². The van der Waals surface area contributed by atoms with Crippen LogP contribution in [0.3, 0.4) is 0 Å². The number of carbonyl (C=O) groups excluding carboxylic acids is 1. The molecule has 5 N–H and O–H groups in total. The molecule has 0 radical (unpaired) electrons. The largest absolute Gasteiger partial charge is 0.383 e. The zero-order valence-corrected chi connectivity index (χ0v) is 9.34. The van der Waals surface area contributed by atoms with Gasteiger partial charge in [0, 0.05) is 18.5 Å². The summed E-state index contributed by atoms with van der Waals surface area (Å²) in [7, 11) is 0. The van der Waals surface area contributed by atoms with Crippen LogP contribution in [0.5, 0.6) is 0 Å². The lowest BCUT2D eigenvalue weighted by molar-refractivity contribution is 0.252. The highest BCUT2D eigenvalue weighted by atomic mass is 16.2. The standard InChI is InChI=1S/C11H13N5O/c1-8-4-2-6-14-10(8)16-9(12)5-3-7-15-11(13)17/h2,4-7H,1H3,(H2,12,14,16)(H3,13,15,17). The van der Waals surface area contributed by atoms with Crippen LogP contribution in [0.2, 0.25) is 0 Å². The summed E-state index contributed by atoms with van der Waals surface area (Å²) >= 11 is 0. The van der Waals surface area contributed by atoms with Gasteiger partial charge in [0.15, 0.2) is 5.82 Å². The summed E-state index contributed by atoms with van der Waals surface area (Å²) < 4.78 is 0. The van der Waals surface area contributed by atoms with Crippen molar-refractivity contribution in [1.29, 1.82) is 0 Å². The number of amidine groups is 1. The third kappa shape index (κ3) is 4.63. The van der Waals surface area contributed by atoms with E-state index in [1.807, 2.05) is 19.1 Å². The first-order chi connectivity index (χ1) is 8.09. The number of aromatic nitrogens is 1. The monoisotopic (exact) mass is 231 g/mol. The summed E-state index contributed by atoms with van der Waals surface area (Å²) in [5, 5.41) is 2.22. The fraction of sp³-hybridized carbons (Fsp3) is 0.0909. The van der Waals surface area contributed by atoms with Crippen LogP contribution in [0.15, 0.2) is 41.3 Å². The van der Waals surface area contributed by atoms with E-state index in [1.54, 1.807) is 6.20 Å². The van der Waals surface area contributed by atoms with Gasteiger partial charge < -0.3 is 16.8 Å². The molecular weight excluding hydrogens is 218 g/mol. The maximum Gasteiger partial charge on any atom is 0.316 e. The first-order valence-corrected chi connectivity index (χ1v) is 4.82. The molecule has 0 bridgehead atoms. The molecule has 0 unspecified atom stereocenters. The van der Waals surface area contributed by atoms with Crippen LogP contribution >= 0.6 is 0 Å². The van der Waals surface area contributed by atoms with Crippen LogP contribution in [0.1, 0.15) is 5.56 Å². The molecule has 0 aromatic carbocycles. The normalized spacial score (nSPS) is 10.3. The molecule has 1 aromatic heterocycles. The minimum atomic E-state index is -0.665. The number of nitrogens with zero attached hydrogens (tertiary/aromatic N) is 2. The maximum atomic E-state index is 10.3. The molecule has 0 aliphatic carbocycles. The Balaban J connectivity index is 2.77. The first-order valence-electron chi connectivity index (χ1n) is 4.82. The van der Waals surface area contributed by atoms with Crippen molar-refractivity contribution in [3.63, 3.8) is 0 Å². The summed E-state index contributed by atoms with van der Waals surface area (Å²) in [6.07, 6.45) is 4.29. The summed E-state index contributed by atoms with van der Waals surface area (Å²) in [5.41, 5.74) is 14.0. The molecule has 0 saturated carbocycles. The van der Waals surface area contributed by atoms with Crippen LogP contribution in [0.4, 0.5) is 10.6 Å². The minimum Gasteiger partial charge on any atom is -0.383 e. The van der Waals surface area contributed by atoms with Gasteiger partial charge in [0.05, 0.1) is 0 Å². The molecule has 0 spiro atoms. The molecule has 0 fully saturated rings. The fourth-order valence-corrected chi connectivity index (χ4v) is 0.989. The fourth-order valence-electron chi connectivity index (χ4n) is 0.989. The van der Waals surface area contributed by atoms with Crippen molar-refractivity contribution in [3.8, 4) is 0 Å². The Hall–Kier alpha value is -2.59. The van der Waals surface area contributed by atoms with Gasteiger partial charge in [-0.1, -0.05) is 11.8 Å². The average Bonchev–Trinajstić information content (AvgIpc) is 2.27. The van der Waals surface area contributed by atoms with E-state index in [2.05, 4.69) is 21.0 Å². The molecule has 0 aliphatic heterocycles. The highest BCUT2D eigenvalue weighted by Crippen LogP contribution is 2.12. The van der Waals surface area contributed by atoms with Crippen molar-refractivity contribution >= 4 is 17.7 Å². The molecule has 0 atom stereocenters. The van der Waals surface area contributed by atoms with Crippen molar-refractivity contribution < 1.29 is 4.79 Å². The molecule has 0 aliphatic rings. The van der Waals surface area contributed by atoms with Gasteiger partial charge in [-0.15, -0.1) is 0 Å². The van der Waals surface area contributed by atoms with Crippen molar-refractivity contribution in [2.24, 2.45) is 16.5 Å². The Bertz CT molecular complexity index is 500. The van der Waals surface area contributed by atoms with E-state index in [1.165, 1.54) is 12.3 Å². The zero-order chi connectivity index (χ0) is 12.7. The van der Waals surface area contributed by atoms with E-state index in [4.69, 9.17) is 11.5 Å². The second kappa shape index (κ2) is 6.09. The molecule has 1 heterocycles. The number of nitrogens with one attached hydrogen (secondary N) is 1. The molecule has 6 nitrogen and oxygen atoms in total. The summed E-state index contributed by atoms with van der Waals surface area (Å²) in [6.45, 7) is 1.88. The van der Waals surface area contributed by atoms with Gasteiger partial charge >= 0.3 is 6.03 Å². The van der Waals surface area contributed by atoms with Gasteiger partial charge in [-0.05, 0) is 18.6 Å². The topological polar surface area (TPSA) is 106 Å². The summed E-state index contributed by atoms with van der Waals surface area (Å²) in [5.74, 6) is 0.778. The Morgan fingerprint density at radius 1 is 1.59 bits per heavy atom. The highest BCUT2D eigenvalue weighted by Gasteiger charge is 1.95. The molecule has 6 heteroatoms. The second-order valence-corrected chi connectivity index (χ2v) is 3.14. The second-order valence-electron chi connectivity index (χ2n) is 3.14. The van der Waals surface area contributed by atoms with Crippen molar-refractivity contribution in [3.05, 3.63) is 41.9 Å². The first kappa shape index (κ1) is 12.5. The molecule has 88 valence electrons. The van der Waals surface area contributed by atoms with Crippen LogP contribution in [0, 0.1) is 6.92 Å². The number of aliphatic imine (C=N–C) groups is 1. The van der Waals surface area contributed by atoms with Crippen molar-refractivity contribution in [2.45, 2.75) is 6.92 Å². The SMILES string of the molecule is Cc1cccnc1/N=C(\N)C=C=CNC(N)=O. The van der Waals surface area contributed by atoms with Gasteiger partial charge in [-0.2, -0.15) is 0 Å². The molecule has 1 rings (SSSR count). The van der Waals surface area contributed by atoms with Crippen LogP contribution in [-0.2, 0) is 0 Å². The summed E-state index contributed by atoms with van der Waals surface area (Å²) in [6, 6.07) is 3.03. The summed E-state index contributed by atoms with van der Waals surface area (Å²) in [4.78, 5) is 18.5. The number of carbonyl (C=O) groups is 1. The average molecular weight is 231 g/mol. The van der Waals surface area contributed by atoms with E-state index in [9.17, 15) is 4.79 Å².